The predicted molar refractivity (Wildman–Crippen MR) is 82.5 cm³/mol. The first kappa shape index (κ1) is 13.8. The number of hydrogen-bond donors (Lipinski definition) is 1. The minimum atomic E-state index is -0.506. The van der Waals surface area contributed by atoms with Gasteiger partial charge in [-0.1, -0.05) is 37.3 Å². The second kappa shape index (κ2) is 5.34. The molecule has 1 aliphatic carbocycles. The smallest absolute Gasteiger partial charge is 0.106 e. The highest BCUT2D eigenvalue weighted by Crippen LogP contribution is 2.57. The number of aliphatic hydroxyl groups excluding tert-OH is 1. The van der Waals surface area contributed by atoms with Gasteiger partial charge >= 0.3 is 0 Å². The van der Waals surface area contributed by atoms with Crippen molar-refractivity contribution in [2.24, 2.45) is 0 Å². The summed E-state index contributed by atoms with van der Waals surface area (Å²) >= 11 is 3.54. The zero-order valence-corrected chi connectivity index (χ0v) is 13.2. The average molecular weight is 335 g/mol. The molecule has 0 radical (unpaired) electrons. The van der Waals surface area contributed by atoms with E-state index in [1.165, 1.54) is 5.56 Å². The van der Waals surface area contributed by atoms with Gasteiger partial charge in [-0.15, -0.1) is 0 Å². The van der Waals surface area contributed by atoms with Crippen LogP contribution in [0.4, 0.5) is 0 Å². The molecule has 1 saturated carbocycles. The van der Waals surface area contributed by atoms with E-state index in [0.717, 1.165) is 36.0 Å². The first-order chi connectivity index (χ1) is 9.69. The molecule has 0 saturated heterocycles. The van der Waals surface area contributed by atoms with Gasteiger partial charge in [0.25, 0.3) is 0 Å². The van der Waals surface area contributed by atoms with Crippen LogP contribution in [0.25, 0.3) is 0 Å². The number of rotatable bonds is 5. The highest BCUT2D eigenvalue weighted by Gasteiger charge is 2.52. The monoisotopic (exact) mass is 334 g/mol. The molecule has 0 amide bonds. The Labute approximate surface area is 127 Å². The maximum absolute atomic E-state index is 11.0. The van der Waals surface area contributed by atoms with E-state index in [9.17, 15) is 5.11 Å². The van der Waals surface area contributed by atoms with Gasteiger partial charge in [0.15, 0.2) is 0 Å². The molecule has 1 aromatic heterocycles. The lowest BCUT2D eigenvalue weighted by molar-refractivity contribution is 0.122. The van der Waals surface area contributed by atoms with Crippen molar-refractivity contribution in [1.29, 1.82) is 0 Å². The lowest BCUT2D eigenvalue weighted by Crippen LogP contribution is -2.22. The standard InChI is InChI=1S/C16H19BrN2O/c1-2-10-19-14(13(17)11-18-19)15(20)16(8-9-16)12-6-4-3-5-7-12/h3-7,11,15,20H,2,8-10H2,1H3. The summed E-state index contributed by atoms with van der Waals surface area (Å²) in [5, 5.41) is 15.3. The van der Waals surface area contributed by atoms with E-state index >= 15 is 0 Å². The highest BCUT2D eigenvalue weighted by atomic mass is 79.9. The van der Waals surface area contributed by atoms with Crippen LogP contribution in [0.2, 0.25) is 0 Å². The van der Waals surface area contributed by atoms with E-state index in [1.54, 1.807) is 6.20 Å². The maximum atomic E-state index is 11.0. The summed E-state index contributed by atoms with van der Waals surface area (Å²) in [5.41, 5.74) is 2.01. The Morgan fingerprint density at radius 3 is 2.65 bits per heavy atom. The summed E-state index contributed by atoms with van der Waals surface area (Å²) in [4.78, 5) is 0. The van der Waals surface area contributed by atoms with Gasteiger partial charge in [0, 0.05) is 12.0 Å². The summed E-state index contributed by atoms with van der Waals surface area (Å²) in [6, 6.07) is 10.3. The number of nitrogens with zero attached hydrogens (tertiary/aromatic N) is 2. The van der Waals surface area contributed by atoms with Crippen LogP contribution in [0.15, 0.2) is 41.0 Å². The van der Waals surface area contributed by atoms with Crippen LogP contribution in [0.3, 0.4) is 0 Å². The number of benzene rings is 1. The third kappa shape index (κ3) is 2.21. The minimum Gasteiger partial charge on any atom is -0.386 e. The molecule has 0 spiro atoms. The Morgan fingerprint density at radius 2 is 2.05 bits per heavy atom. The largest absolute Gasteiger partial charge is 0.386 e. The zero-order valence-electron chi connectivity index (χ0n) is 11.6. The van der Waals surface area contributed by atoms with Crippen molar-refractivity contribution in [2.75, 3.05) is 0 Å². The molecule has 4 heteroatoms. The Bertz CT molecular complexity index is 590. The second-order valence-corrected chi connectivity index (χ2v) is 6.38. The van der Waals surface area contributed by atoms with E-state index in [-0.39, 0.29) is 5.41 Å². The molecule has 106 valence electrons. The highest BCUT2D eigenvalue weighted by molar-refractivity contribution is 9.10. The molecule has 2 aromatic rings. The van der Waals surface area contributed by atoms with Gasteiger partial charge in [0.2, 0.25) is 0 Å². The van der Waals surface area contributed by atoms with Crippen molar-refractivity contribution in [2.45, 2.75) is 44.2 Å². The average Bonchev–Trinajstić information content (AvgIpc) is 3.20. The lowest BCUT2D eigenvalue weighted by atomic mass is 9.88. The van der Waals surface area contributed by atoms with Gasteiger partial charge in [-0.3, -0.25) is 4.68 Å². The Morgan fingerprint density at radius 1 is 1.35 bits per heavy atom. The maximum Gasteiger partial charge on any atom is 0.106 e. The summed E-state index contributed by atoms with van der Waals surface area (Å²) < 4.78 is 2.83. The lowest BCUT2D eigenvalue weighted by Gasteiger charge is -2.24. The Balaban J connectivity index is 1.97. The molecule has 3 rings (SSSR count). The molecule has 1 fully saturated rings. The molecule has 20 heavy (non-hydrogen) atoms. The van der Waals surface area contributed by atoms with Gasteiger partial charge in [-0.25, -0.2) is 0 Å². The molecular formula is C16H19BrN2O. The molecule has 3 nitrogen and oxygen atoms in total. The van der Waals surface area contributed by atoms with E-state index in [0.29, 0.717) is 0 Å². The predicted octanol–water partition coefficient (Wildman–Crippen LogP) is 3.82. The van der Waals surface area contributed by atoms with Gasteiger partial charge in [0.1, 0.15) is 6.10 Å². The van der Waals surface area contributed by atoms with Crippen molar-refractivity contribution >= 4 is 15.9 Å². The zero-order chi connectivity index (χ0) is 14.2. The molecule has 1 aromatic carbocycles. The molecular weight excluding hydrogens is 316 g/mol. The number of aryl methyl sites for hydroxylation is 1. The van der Waals surface area contributed by atoms with Crippen molar-refractivity contribution < 1.29 is 5.11 Å². The van der Waals surface area contributed by atoms with E-state index < -0.39 is 6.10 Å². The SMILES string of the molecule is CCCn1ncc(Br)c1C(O)C1(c2ccccc2)CC1. The fraction of sp³-hybridized carbons (Fsp3) is 0.438. The van der Waals surface area contributed by atoms with Crippen molar-refractivity contribution in [3.63, 3.8) is 0 Å². The van der Waals surface area contributed by atoms with Crippen molar-refractivity contribution in [3.8, 4) is 0 Å². The third-order valence-electron chi connectivity index (χ3n) is 4.19. The molecule has 0 aliphatic heterocycles. The molecule has 1 atom stereocenters. The van der Waals surface area contributed by atoms with Gasteiger partial charge < -0.3 is 5.11 Å². The number of halogens is 1. The van der Waals surface area contributed by atoms with Crippen LogP contribution < -0.4 is 0 Å². The Kier molecular flexibility index (Phi) is 3.69. The van der Waals surface area contributed by atoms with Crippen LogP contribution in [0, 0.1) is 0 Å². The summed E-state index contributed by atoms with van der Waals surface area (Å²) in [6.07, 6.45) is 4.35. The molecule has 0 bridgehead atoms. The summed E-state index contributed by atoms with van der Waals surface area (Å²) in [5.74, 6) is 0. The van der Waals surface area contributed by atoms with Crippen LogP contribution in [0.5, 0.6) is 0 Å². The molecule has 1 heterocycles. The second-order valence-electron chi connectivity index (χ2n) is 5.53. The van der Waals surface area contributed by atoms with E-state index in [2.05, 4.69) is 40.1 Å². The van der Waals surface area contributed by atoms with E-state index in [1.807, 2.05) is 22.9 Å². The Hall–Kier alpha value is -1.13. The number of hydrogen-bond acceptors (Lipinski definition) is 2. The molecule has 1 unspecified atom stereocenters. The van der Waals surface area contributed by atoms with Gasteiger partial charge in [0.05, 0.1) is 16.4 Å². The van der Waals surface area contributed by atoms with E-state index in [4.69, 9.17) is 0 Å². The normalized spacial score (nSPS) is 17.9. The first-order valence-corrected chi connectivity index (χ1v) is 7.93. The van der Waals surface area contributed by atoms with Crippen molar-refractivity contribution in [3.05, 3.63) is 52.3 Å². The van der Waals surface area contributed by atoms with Crippen LogP contribution in [-0.2, 0) is 12.0 Å². The summed E-state index contributed by atoms with van der Waals surface area (Å²) in [6.45, 7) is 2.96. The molecule has 1 aliphatic rings. The molecule has 1 N–H and O–H groups in total. The first-order valence-electron chi connectivity index (χ1n) is 7.14. The topological polar surface area (TPSA) is 38.0 Å². The third-order valence-corrected chi connectivity index (χ3v) is 4.80. The van der Waals surface area contributed by atoms with Crippen LogP contribution in [0.1, 0.15) is 43.5 Å². The quantitative estimate of drug-likeness (QED) is 0.902. The van der Waals surface area contributed by atoms with Crippen LogP contribution in [-0.4, -0.2) is 14.9 Å². The minimum absolute atomic E-state index is 0.130. The van der Waals surface area contributed by atoms with Crippen molar-refractivity contribution in [1.82, 2.24) is 9.78 Å². The van der Waals surface area contributed by atoms with Crippen LogP contribution >= 0.6 is 15.9 Å². The van der Waals surface area contributed by atoms with Gasteiger partial charge in [-0.05, 0) is 40.8 Å². The number of aromatic nitrogens is 2. The fourth-order valence-electron chi connectivity index (χ4n) is 2.92. The number of aliphatic hydroxyl groups is 1. The summed E-state index contributed by atoms with van der Waals surface area (Å²) in [7, 11) is 0. The fourth-order valence-corrected chi connectivity index (χ4v) is 3.43. The van der Waals surface area contributed by atoms with Gasteiger partial charge in [-0.2, -0.15) is 5.10 Å².